The summed E-state index contributed by atoms with van der Waals surface area (Å²) in [6.45, 7) is 0. The molecule has 0 radical (unpaired) electrons. The molecule has 0 aliphatic carbocycles. The van der Waals surface area contributed by atoms with Crippen LogP contribution in [0.2, 0.25) is 0 Å². The van der Waals surface area contributed by atoms with Crippen molar-refractivity contribution in [1.82, 2.24) is 0 Å². The average molecular weight is 382 g/mol. The second-order valence-electron chi connectivity index (χ2n) is 0.896. The van der Waals surface area contributed by atoms with E-state index in [1.807, 2.05) is 0 Å². The van der Waals surface area contributed by atoms with Crippen LogP contribution in [0.5, 0.6) is 0 Å². The molecule has 0 aromatic rings. The minimum atomic E-state index is -5.25. The van der Waals surface area contributed by atoms with Crippen LogP contribution in [0.4, 0.5) is 0 Å². The Morgan fingerprint density at radius 1 is 1.00 bits per heavy atom. The van der Waals surface area contributed by atoms with E-state index in [4.69, 9.17) is 33.6 Å². The van der Waals surface area contributed by atoms with Crippen molar-refractivity contribution < 1.29 is 33.6 Å². The van der Waals surface area contributed by atoms with Gasteiger partial charge in [-0.1, -0.05) is 0 Å². The first kappa shape index (κ1) is 18.3. The van der Waals surface area contributed by atoms with Crippen LogP contribution >= 0.6 is 0 Å². The zero-order valence-corrected chi connectivity index (χ0v) is 6.77. The molecule has 0 saturated heterocycles. The molecule has 0 amide bonds. The quantitative estimate of drug-likeness (QED) is 0.251. The second-order valence-corrected chi connectivity index (χ2v) is 3.67. The van der Waals surface area contributed by atoms with E-state index in [0.717, 1.165) is 0 Å². The Kier molecular flexibility index (Phi) is 11.5. The first-order valence-electron chi connectivity index (χ1n) is 1.40. The van der Waals surface area contributed by atoms with E-state index in [2.05, 4.69) is 0 Å². The molecular formula is H6BaO8SSe. The molecule has 11 heavy (non-hydrogen) atoms. The van der Waals surface area contributed by atoms with Gasteiger partial charge in [0.1, 0.15) is 0 Å². The van der Waals surface area contributed by atoms with Crippen LogP contribution in [0.15, 0.2) is 0 Å². The third-order valence-corrected chi connectivity index (χ3v) is 0. The molecule has 11 heteroatoms. The molecule has 0 heterocycles. The SMILES string of the molecule is O=S(=O)(O)O.O=[Se](=O)(O)O.[BaH2]. The summed E-state index contributed by atoms with van der Waals surface area (Å²) in [6, 6.07) is 0. The Hall–Kier alpha value is 1.48. The van der Waals surface area contributed by atoms with E-state index < -0.39 is 23.8 Å². The molecule has 0 unspecified atom stereocenters. The maximum atomic E-state index is 8.82. The second kappa shape index (κ2) is 6.94. The van der Waals surface area contributed by atoms with E-state index in [-0.39, 0.29) is 48.9 Å². The van der Waals surface area contributed by atoms with Gasteiger partial charge < -0.3 is 0 Å². The monoisotopic (exact) mass is 384 g/mol. The Bertz CT molecular complexity index is 210. The molecule has 68 valence electrons. The summed E-state index contributed by atoms with van der Waals surface area (Å²) in [5.41, 5.74) is 0. The molecule has 0 atom stereocenters. The van der Waals surface area contributed by atoms with Crippen molar-refractivity contribution >= 4 is 72.6 Å². The first-order valence-corrected chi connectivity index (χ1v) is 5.72. The molecule has 0 bridgehead atoms. The molecule has 0 rings (SSSR count). The number of hydrogen-bond donors (Lipinski definition) is 4. The molecule has 4 N–H and O–H groups in total. The van der Waals surface area contributed by atoms with Gasteiger partial charge in [-0.25, -0.2) is 0 Å². The van der Waals surface area contributed by atoms with Gasteiger partial charge in [0.05, 0.1) is 0 Å². The summed E-state index contributed by atoms with van der Waals surface area (Å²) in [7, 11) is -4.67. The summed E-state index contributed by atoms with van der Waals surface area (Å²) in [5, 5.41) is 0. The molecule has 8 nitrogen and oxygen atoms in total. The van der Waals surface area contributed by atoms with Crippen LogP contribution in [-0.2, 0) is 18.1 Å². The Labute approximate surface area is 105 Å². The van der Waals surface area contributed by atoms with Crippen molar-refractivity contribution in [3.8, 4) is 0 Å². The van der Waals surface area contributed by atoms with Crippen LogP contribution in [0, 0.1) is 0 Å². The fraction of sp³-hybridized carbons (Fsp3) is 0. The van der Waals surface area contributed by atoms with Gasteiger partial charge in [0.15, 0.2) is 0 Å². The first-order chi connectivity index (χ1) is 4.00. The topological polar surface area (TPSA) is 149 Å². The van der Waals surface area contributed by atoms with Crippen molar-refractivity contribution in [2.24, 2.45) is 0 Å². The molecule has 0 fully saturated rings. The van der Waals surface area contributed by atoms with Gasteiger partial charge in [0.25, 0.3) is 0 Å². The van der Waals surface area contributed by atoms with E-state index in [9.17, 15) is 0 Å². The summed E-state index contributed by atoms with van der Waals surface area (Å²) < 4.78 is 63.5. The fourth-order valence-electron chi connectivity index (χ4n) is 0. The van der Waals surface area contributed by atoms with Crippen molar-refractivity contribution in [3.63, 3.8) is 0 Å². The molecule has 0 aromatic heterocycles. The van der Waals surface area contributed by atoms with E-state index in [1.54, 1.807) is 0 Å². The van der Waals surface area contributed by atoms with Gasteiger partial charge >= 0.3 is 88.7 Å². The maximum absolute atomic E-state index is 8.82. The van der Waals surface area contributed by atoms with E-state index in [1.165, 1.54) is 0 Å². The van der Waals surface area contributed by atoms with Crippen molar-refractivity contribution in [2.45, 2.75) is 0 Å². The fourth-order valence-corrected chi connectivity index (χ4v) is 0. The standard InChI is InChI=1S/Ba.H2O4S.H2O4Se.2H/c;2*1-5(2,3)4;;/h;2*(H2,1,2,3,4);;. The molecule has 0 aliphatic heterocycles. The van der Waals surface area contributed by atoms with E-state index in [0.29, 0.717) is 0 Å². The van der Waals surface area contributed by atoms with Crippen molar-refractivity contribution in [2.75, 3.05) is 0 Å². The molecule has 0 saturated carbocycles. The van der Waals surface area contributed by atoms with Gasteiger partial charge in [-0.05, 0) is 0 Å². The molecule has 0 aromatic carbocycles. The van der Waals surface area contributed by atoms with Crippen LogP contribution in [0.3, 0.4) is 0 Å². The van der Waals surface area contributed by atoms with Crippen molar-refractivity contribution in [1.29, 1.82) is 0 Å². The predicted molar refractivity (Wildman–Crippen MR) is 34.3 cm³/mol. The Morgan fingerprint density at radius 2 is 1.00 bits per heavy atom. The Morgan fingerprint density at radius 3 is 1.00 bits per heavy atom. The Balaban J connectivity index is -0.000000107. The van der Waals surface area contributed by atoms with Crippen LogP contribution in [0.25, 0.3) is 0 Å². The molecule has 0 spiro atoms. The van der Waals surface area contributed by atoms with Crippen molar-refractivity contribution in [3.05, 3.63) is 0 Å². The van der Waals surface area contributed by atoms with Gasteiger partial charge in [0.2, 0.25) is 0 Å². The predicted octanol–water partition coefficient (Wildman–Crippen LogP) is -3.30. The van der Waals surface area contributed by atoms with Crippen LogP contribution in [0.1, 0.15) is 0 Å². The van der Waals surface area contributed by atoms with Gasteiger partial charge in [-0.2, -0.15) is 8.42 Å². The molecule has 0 aliphatic rings. The minimum absolute atomic E-state index is 0. The summed E-state index contributed by atoms with van der Waals surface area (Å²) in [6.07, 6.45) is 0. The zero-order chi connectivity index (χ0) is 9.00. The van der Waals surface area contributed by atoms with Crippen LogP contribution in [-0.4, -0.2) is 88.2 Å². The van der Waals surface area contributed by atoms with Gasteiger partial charge in [-0.15, -0.1) is 0 Å². The van der Waals surface area contributed by atoms with E-state index >= 15 is 0 Å². The number of hydrogen-bond acceptors (Lipinski definition) is 4. The normalized spacial score (nSPS) is 10.5. The number of rotatable bonds is 0. The molecular weight excluding hydrogens is 376 g/mol. The third kappa shape index (κ3) is 471. The van der Waals surface area contributed by atoms with Crippen LogP contribution < -0.4 is 0 Å². The van der Waals surface area contributed by atoms with Gasteiger partial charge in [-0.3, -0.25) is 9.11 Å². The zero-order valence-electron chi connectivity index (χ0n) is 4.24. The average Bonchev–Trinajstić information content (AvgIpc) is 1.12. The summed E-state index contributed by atoms with van der Waals surface area (Å²) in [4.78, 5) is 0. The summed E-state index contributed by atoms with van der Waals surface area (Å²) >= 11 is -5.25. The van der Waals surface area contributed by atoms with Gasteiger partial charge in [0, 0.05) is 0 Å². The third-order valence-electron chi connectivity index (χ3n) is 0. The summed E-state index contributed by atoms with van der Waals surface area (Å²) in [5.74, 6) is 0.